The molecule has 0 saturated carbocycles. The van der Waals surface area contributed by atoms with Crippen LogP contribution in [-0.2, 0) is 0 Å². The molecule has 0 fully saturated rings. The average molecular weight is 266 g/mol. The third-order valence-electron chi connectivity index (χ3n) is 3.41. The summed E-state index contributed by atoms with van der Waals surface area (Å²) in [5.74, 6) is 1.04. The van der Waals surface area contributed by atoms with Gasteiger partial charge in [0.05, 0.1) is 19.9 Å². The van der Waals surface area contributed by atoms with Crippen molar-refractivity contribution in [2.75, 3.05) is 14.2 Å². The molecule has 0 saturated heterocycles. The van der Waals surface area contributed by atoms with Gasteiger partial charge in [0.15, 0.2) is 0 Å². The minimum Gasteiger partial charge on any atom is -0.481 e. The fraction of sp³-hybridized carbons (Fsp3) is 0.733. The van der Waals surface area contributed by atoms with E-state index >= 15 is 0 Å². The van der Waals surface area contributed by atoms with Crippen molar-refractivity contribution in [1.29, 1.82) is 0 Å². The molecule has 0 aliphatic heterocycles. The maximum atomic E-state index is 5.20. The van der Waals surface area contributed by atoms with Gasteiger partial charge in [-0.1, -0.05) is 39.5 Å². The number of ether oxygens (including phenoxy) is 2. The number of rotatable bonds is 9. The van der Waals surface area contributed by atoms with Crippen LogP contribution in [0.15, 0.2) is 6.07 Å². The molecule has 1 atom stereocenters. The van der Waals surface area contributed by atoms with Gasteiger partial charge in [0, 0.05) is 12.0 Å². The lowest BCUT2D eigenvalue weighted by molar-refractivity contribution is 0.347. The van der Waals surface area contributed by atoms with Crippen LogP contribution >= 0.6 is 0 Å². The molecule has 0 spiro atoms. The van der Waals surface area contributed by atoms with Gasteiger partial charge >= 0.3 is 6.01 Å². The normalized spacial score (nSPS) is 12.2. The fourth-order valence-electron chi connectivity index (χ4n) is 2.20. The number of unbranched alkanes of at least 4 members (excludes halogenated alkanes) is 3. The molecule has 0 aliphatic rings. The van der Waals surface area contributed by atoms with Gasteiger partial charge in [0.25, 0.3) is 0 Å². The highest BCUT2D eigenvalue weighted by Gasteiger charge is 2.14. The smallest absolute Gasteiger partial charge is 0.319 e. The first kappa shape index (κ1) is 15.7. The molecule has 0 amide bonds. The maximum absolute atomic E-state index is 5.20. The summed E-state index contributed by atoms with van der Waals surface area (Å²) in [6.45, 7) is 4.43. The maximum Gasteiger partial charge on any atom is 0.319 e. The highest BCUT2D eigenvalue weighted by Crippen LogP contribution is 2.27. The molecular weight excluding hydrogens is 240 g/mol. The Hall–Kier alpha value is -1.32. The lowest BCUT2D eigenvalue weighted by Gasteiger charge is -2.15. The molecule has 1 rings (SSSR count). The van der Waals surface area contributed by atoms with Gasteiger partial charge in [-0.3, -0.25) is 0 Å². The Bertz CT molecular complexity index is 347. The molecule has 1 aromatic rings. The summed E-state index contributed by atoms with van der Waals surface area (Å²) < 4.78 is 10.3. The van der Waals surface area contributed by atoms with Crippen molar-refractivity contribution in [3.63, 3.8) is 0 Å². The highest BCUT2D eigenvalue weighted by atomic mass is 16.5. The molecule has 0 N–H and O–H groups in total. The molecule has 108 valence electrons. The van der Waals surface area contributed by atoms with E-state index < -0.39 is 0 Å². The third kappa shape index (κ3) is 5.05. The first-order chi connectivity index (χ1) is 9.24. The zero-order chi connectivity index (χ0) is 14.1. The Kier molecular flexibility index (Phi) is 7.23. The van der Waals surface area contributed by atoms with Crippen LogP contribution in [0.5, 0.6) is 11.9 Å². The first-order valence-electron chi connectivity index (χ1n) is 7.22. The van der Waals surface area contributed by atoms with E-state index in [0.29, 0.717) is 17.8 Å². The van der Waals surface area contributed by atoms with Crippen LogP contribution in [0.2, 0.25) is 0 Å². The van der Waals surface area contributed by atoms with Gasteiger partial charge in [-0.2, -0.15) is 9.97 Å². The van der Waals surface area contributed by atoms with E-state index in [1.165, 1.54) is 32.1 Å². The van der Waals surface area contributed by atoms with E-state index in [1.54, 1.807) is 14.2 Å². The Balaban J connectivity index is 2.73. The Labute approximate surface area is 116 Å². The van der Waals surface area contributed by atoms with E-state index in [-0.39, 0.29) is 0 Å². The van der Waals surface area contributed by atoms with E-state index in [0.717, 1.165) is 12.1 Å². The van der Waals surface area contributed by atoms with Gasteiger partial charge in [-0.15, -0.1) is 0 Å². The Morgan fingerprint density at radius 1 is 1.05 bits per heavy atom. The summed E-state index contributed by atoms with van der Waals surface area (Å²) in [6.07, 6.45) is 7.38. The van der Waals surface area contributed by atoms with Gasteiger partial charge < -0.3 is 9.47 Å². The molecule has 0 radical (unpaired) electrons. The van der Waals surface area contributed by atoms with Crippen molar-refractivity contribution < 1.29 is 9.47 Å². The van der Waals surface area contributed by atoms with Crippen molar-refractivity contribution in [3.05, 3.63) is 11.8 Å². The molecule has 19 heavy (non-hydrogen) atoms. The molecule has 4 heteroatoms. The molecule has 0 aliphatic carbocycles. The number of hydrogen-bond donors (Lipinski definition) is 0. The Morgan fingerprint density at radius 3 is 2.42 bits per heavy atom. The van der Waals surface area contributed by atoms with Crippen LogP contribution in [0.25, 0.3) is 0 Å². The van der Waals surface area contributed by atoms with Crippen LogP contribution in [0.4, 0.5) is 0 Å². The van der Waals surface area contributed by atoms with Crippen molar-refractivity contribution >= 4 is 0 Å². The standard InChI is InChI=1S/C15H26N2O2/c1-5-7-8-9-10-12(6-2)13-11-14(18-3)17-15(16-13)19-4/h11-12H,5-10H2,1-4H3. The number of nitrogens with zero attached hydrogens (tertiary/aromatic N) is 2. The number of methoxy groups -OCH3 is 2. The minimum atomic E-state index is 0.390. The molecule has 4 nitrogen and oxygen atoms in total. The predicted molar refractivity (Wildman–Crippen MR) is 76.9 cm³/mol. The third-order valence-corrected chi connectivity index (χ3v) is 3.41. The number of hydrogen-bond acceptors (Lipinski definition) is 4. The summed E-state index contributed by atoms with van der Waals surface area (Å²) in [7, 11) is 3.20. The van der Waals surface area contributed by atoms with E-state index in [1.807, 2.05) is 6.07 Å². The lowest BCUT2D eigenvalue weighted by Crippen LogP contribution is -2.05. The van der Waals surface area contributed by atoms with Crippen LogP contribution < -0.4 is 9.47 Å². The second-order valence-corrected chi connectivity index (χ2v) is 4.78. The quantitative estimate of drug-likeness (QED) is 0.635. The first-order valence-corrected chi connectivity index (χ1v) is 7.22. The van der Waals surface area contributed by atoms with Crippen LogP contribution in [0, 0.1) is 0 Å². The summed E-state index contributed by atoms with van der Waals surface area (Å²) in [6, 6.07) is 2.32. The molecule has 0 aromatic carbocycles. The number of aromatic nitrogens is 2. The van der Waals surface area contributed by atoms with Gasteiger partial charge in [-0.05, 0) is 12.8 Å². The highest BCUT2D eigenvalue weighted by molar-refractivity contribution is 5.21. The van der Waals surface area contributed by atoms with Gasteiger partial charge in [-0.25, -0.2) is 0 Å². The van der Waals surface area contributed by atoms with Crippen LogP contribution in [0.1, 0.15) is 64.0 Å². The molecule has 1 heterocycles. The summed E-state index contributed by atoms with van der Waals surface area (Å²) in [5.41, 5.74) is 1.03. The summed E-state index contributed by atoms with van der Waals surface area (Å²) in [5, 5.41) is 0. The van der Waals surface area contributed by atoms with Crippen LogP contribution in [0.3, 0.4) is 0 Å². The molecule has 0 bridgehead atoms. The molecule has 1 unspecified atom stereocenters. The lowest BCUT2D eigenvalue weighted by atomic mass is 9.95. The van der Waals surface area contributed by atoms with Gasteiger partial charge in [0.2, 0.25) is 5.88 Å². The van der Waals surface area contributed by atoms with E-state index in [4.69, 9.17) is 9.47 Å². The van der Waals surface area contributed by atoms with Crippen molar-refractivity contribution in [2.24, 2.45) is 0 Å². The van der Waals surface area contributed by atoms with E-state index in [2.05, 4.69) is 23.8 Å². The Morgan fingerprint density at radius 2 is 1.84 bits per heavy atom. The van der Waals surface area contributed by atoms with Crippen LogP contribution in [-0.4, -0.2) is 24.2 Å². The molecular formula is C15H26N2O2. The molecule has 1 aromatic heterocycles. The average Bonchev–Trinajstić information content (AvgIpc) is 2.46. The summed E-state index contributed by atoms with van der Waals surface area (Å²) >= 11 is 0. The second-order valence-electron chi connectivity index (χ2n) is 4.78. The summed E-state index contributed by atoms with van der Waals surface area (Å²) in [4.78, 5) is 8.60. The minimum absolute atomic E-state index is 0.390. The predicted octanol–water partition coefficient (Wildman–Crippen LogP) is 3.96. The zero-order valence-electron chi connectivity index (χ0n) is 12.6. The van der Waals surface area contributed by atoms with Gasteiger partial charge in [0.1, 0.15) is 0 Å². The monoisotopic (exact) mass is 266 g/mol. The van der Waals surface area contributed by atoms with Crippen molar-refractivity contribution in [1.82, 2.24) is 9.97 Å². The zero-order valence-corrected chi connectivity index (χ0v) is 12.6. The van der Waals surface area contributed by atoms with E-state index in [9.17, 15) is 0 Å². The largest absolute Gasteiger partial charge is 0.481 e. The van der Waals surface area contributed by atoms with Crippen molar-refractivity contribution in [3.8, 4) is 11.9 Å². The second kappa shape index (κ2) is 8.73. The SMILES string of the molecule is CCCCCCC(CC)c1cc(OC)nc(OC)n1. The topological polar surface area (TPSA) is 44.2 Å². The van der Waals surface area contributed by atoms with Crippen molar-refractivity contribution in [2.45, 2.75) is 58.3 Å². The fourth-order valence-corrected chi connectivity index (χ4v) is 2.20.